The molecule has 0 atom stereocenters. The van der Waals surface area contributed by atoms with Gasteiger partial charge in [-0.2, -0.15) is 0 Å². The Morgan fingerprint density at radius 1 is 0.967 bits per heavy atom. The van der Waals surface area contributed by atoms with E-state index in [0.29, 0.717) is 36.3 Å². The number of unbranched alkanes of at least 4 members (excludes halogenated alkanes) is 2. The summed E-state index contributed by atoms with van der Waals surface area (Å²) < 4.78 is 10.5. The van der Waals surface area contributed by atoms with Gasteiger partial charge in [0.15, 0.2) is 0 Å². The van der Waals surface area contributed by atoms with Crippen molar-refractivity contribution in [2.45, 2.75) is 33.1 Å². The number of ether oxygens (including phenoxy) is 2. The van der Waals surface area contributed by atoms with Gasteiger partial charge in [0.1, 0.15) is 16.7 Å². The summed E-state index contributed by atoms with van der Waals surface area (Å²) in [5, 5.41) is 8.95. The van der Waals surface area contributed by atoms with Crippen molar-refractivity contribution in [2.24, 2.45) is 0 Å². The van der Waals surface area contributed by atoms with Crippen LogP contribution in [-0.2, 0) is 14.3 Å². The molecule has 156 valence electrons. The Morgan fingerprint density at radius 3 is 2.23 bits per heavy atom. The van der Waals surface area contributed by atoms with Crippen molar-refractivity contribution in [3.05, 3.63) is 65.7 Å². The molecule has 0 unspecified atom stereocenters. The van der Waals surface area contributed by atoms with E-state index in [-0.39, 0.29) is 12.6 Å². The van der Waals surface area contributed by atoms with Crippen LogP contribution in [0.1, 0.15) is 42.1 Å². The molecule has 1 heterocycles. The van der Waals surface area contributed by atoms with E-state index in [4.69, 9.17) is 9.47 Å². The predicted octanol–water partition coefficient (Wildman–Crippen LogP) is 4.18. The van der Waals surface area contributed by atoms with Crippen LogP contribution in [-0.4, -0.2) is 40.1 Å². The lowest BCUT2D eigenvalue weighted by molar-refractivity contribution is -0.139. The predicted molar refractivity (Wildman–Crippen MR) is 114 cm³/mol. The SMILES string of the molecule is C=C(C)C(=O)OCCCCCOC(=O)c1ccc(C)cc1-n1nc2ccccc2n1. The zero-order chi connectivity index (χ0) is 21.5. The van der Waals surface area contributed by atoms with Gasteiger partial charge in [0.25, 0.3) is 0 Å². The first kappa shape index (κ1) is 21.2. The summed E-state index contributed by atoms with van der Waals surface area (Å²) in [4.78, 5) is 25.4. The van der Waals surface area contributed by atoms with Crippen LogP contribution in [0.2, 0.25) is 0 Å². The molecular formula is C23H25N3O4. The standard InChI is InChI=1S/C23H25N3O4/c1-16(2)22(27)29-13-7-4-8-14-30-23(28)18-12-11-17(3)15-21(18)26-24-19-9-5-6-10-20(19)25-26/h5-6,9-12,15H,1,4,7-8,13-14H2,2-3H3. The van der Waals surface area contributed by atoms with Gasteiger partial charge in [-0.05, 0) is 62.9 Å². The average molecular weight is 407 g/mol. The van der Waals surface area contributed by atoms with E-state index in [1.165, 1.54) is 4.80 Å². The fraction of sp³-hybridized carbons (Fsp3) is 0.304. The minimum absolute atomic E-state index is 0.287. The number of aromatic nitrogens is 3. The molecule has 1 aromatic heterocycles. The van der Waals surface area contributed by atoms with Crippen LogP contribution >= 0.6 is 0 Å². The third-order valence-electron chi connectivity index (χ3n) is 4.48. The number of carbonyl (C=O) groups excluding carboxylic acids is 2. The second-order valence-electron chi connectivity index (χ2n) is 7.11. The first-order chi connectivity index (χ1) is 14.5. The van der Waals surface area contributed by atoms with Gasteiger partial charge in [-0.1, -0.05) is 24.8 Å². The molecule has 0 bridgehead atoms. The van der Waals surface area contributed by atoms with Crippen molar-refractivity contribution in [2.75, 3.05) is 13.2 Å². The molecule has 2 aromatic carbocycles. The molecule has 0 aliphatic carbocycles. The van der Waals surface area contributed by atoms with Crippen molar-refractivity contribution in [1.29, 1.82) is 0 Å². The maximum atomic E-state index is 12.6. The Hall–Kier alpha value is -3.48. The van der Waals surface area contributed by atoms with Gasteiger partial charge >= 0.3 is 11.9 Å². The number of benzene rings is 2. The number of nitrogens with zero attached hydrogens (tertiary/aromatic N) is 3. The maximum Gasteiger partial charge on any atom is 0.340 e. The number of carbonyl (C=O) groups is 2. The van der Waals surface area contributed by atoms with E-state index in [1.807, 2.05) is 43.3 Å². The van der Waals surface area contributed by atoms with Crippen molar-refractivity contribution in [3.63, 3.8) is 0 Å². The van der Waals surface area contributed by atoms with Gasteiger partial charge in [0.2, 0.25) is 0 Å². The van der Waals surface area contributed by atoms with Crippen LogP contribution in [0.15, 0.2) is 54.6 Å². The van der Waals surface area contributed by atoms with Crippen molar-refractivity contribution in [1.82, 2.24) is 15.0 Å². The molecule has 0 aliphatic heterocycles. The van der Waals surface area contributed by atoms with Crippen LogP contribution in [0.5, 0.6) is 0 Å². The molecule has 0 saturated carbocycles. The van der Waals surface area contributed by atoms with Gasteiger partial charge in [-0.25, -0.2) is 9.59 Å². The second kappa shape index (κ2) is 9.82. The van der Waals surface area contributed by atoms with Gasteiger partial charge in [-0.15, -0.1) is 15.0 Å². The maximum absolute atomic E-state index is 12.6. The molecule has 0 spiro atoms. The van der Waals surface area contributed by atoms with Crippen LogP contribution in [0.25, 0.3) is 16.7 Å². The van der Waals surface area contributed by atoms with Crippen LogP contribution < -0.4 is 0 Å². The highest BCUT2D eigenvalue weighted by molar-refractivity contribution is 5.93. The third-order valence-corrected chi connectivity index (χ3v) is 4.48. The minimum atomic E-state index is -0.417. The summed E-state index contributed by atoms with van der Waals surface area (Å²) in [7, 11) is 0. The van der Waals surface area contributed by atoms with Gasteiger partial charge in [-0.3, -0.25) is 0 Å². The highest BCUT2D eigenvalue weighted by Crippen LogP contribution is 2.19. The number of hydrogen-bond acceptors (Lipinski definition) is 6. The highest BCUT2D eigenvalue weighted by Gasteiger charge is 2.17. The van der Waals surface area contributed by atoms with Crippen molar-refractivity contribution < 1.29 is 19.1 Å². The van der Waals surface area contributed by atoms with E-state index in [0.717, 1.165) is 23.0 Å². The Kier molecular flexibility index (Phi) is 6.95. The minimum Gasteiger partial charge on any atom is -0.462 e. The Bertz CT molecular complexity index is 1040. The average Bonchev–Trinajstić information content (AvgIpc) is 3.16. The molecule has 0 aliphatic rings. The van der Waals surface area contributed by atoms with Crippen LogP contribution in [0.4, 0.5) is 0 Å². The molecule has 3 rings (SSSR count). The number of esters is 2. The Labute approximate surface area is 175 Å². The topological polar surface area (TPSA) is 83.3 Å². The molecular weight excluding hydrogens is 382 g/mol. The largest absolute Gasteiger partial charge is 0.462 e. The Balaban J connectivity index is 1.57. The molecule has 30 heavy (non-hydrogen) atoms. The molecule has 0 amide bonds. The molecule has 0 radical (unpaired) electrons. The van der Waals surface area contributed by atoms with Crippen LogP contribution in [0.3, 0.4) is 0 Å². The molecule has 3 aromatic rings. The lowest BCUT2D eigenvalue weighted by atomic mass is 10.1. The lowest BCUT2D eigenvalue weighted by Gasteiger charge is -2.10. The zero-order valence-corrected chi connectivity index (χ0v) is 17.3. The Morgan fingerprint density at radius 2 is 1.60 bits per heavy atom. The normalized spacial score (nSPS) is 10.7. The monoisotopic (exact) mass is 407 g/mol. The summed E-state index contributed by atoms with van der Waals surface area (Å²) >= 11 is 0. The van der Waals surface area contributed by atoms with E-state index < -0.39 is 5.97 Å². The molecule has 7 heteroatoms. The van der Waals surface area contributed by atoms with Gasteiger partial charge in [0.05, 0.1) is 18.8 Å². The molecule has 0 fully saturated rings. The van der Waals surface area contributed by atoms with E-state index in [1.54, 1.807) is 13.0 Å². The highest BCUT2D eigenvalue weighted by atomic mass is 16.5. The summed E-state index contributed by atoms with van der Waals surface area (Å²) in [5.74, 6) is -0.798. The zero-order valence-electron chi connectivity index (χ0n) is 17.3. The summed E-state index contributed by atoms with van der Waals surface area (Å²) in [6.45, 7) is 7.72. The number of fused-ring (bicyclic) bond motifs is 1. The fourth-order valence-corrected chi connectivity index (χ4v) is 2.86. The van der Waals surface area contributed by atoms with Crippen LogP contribution in [0, 0.1) is 6.92 Å². The lowest BCUT2D eigenvalue weighted by Crippen LogP contribution is -2.12. The quantitative estimate of drug-likeness (QED) is 0.301. The van der Waals surface area contributed by atoms with Crippen molar-refractivity contribution >= 4 is 23.0 Å². The van der Waals surface area contributed by atoms with Crippen molar-refractivity contribution in [3.8, 4) is 5.69 Å². The fourth-order valence-electron chi connectivity index (χ4n) is 2.86. The summed E-state index contributed by atoms with van der Waals surface area (Å²) in [5.41, 5.74) is 3.89. The van der Waals surface area contributed by atoms with Gasteiger partial charge in [0, 0.05) is 5.57 Å². The number of aryl methyl sites for hydroxylation is 1. The van der Waals surface area contributed by atoms with E-state index >= 15 is 0 Å². The number of hydrogen-bond donors (Lipinski definition) is 0. The molecule has 7 nitrogen and oxygen atoms in total. The van der Waals surface area contributed by atoms with E-state index in [2.05, 4.69) is 16.8 Å². The summed E-state index contributed by atoms with van der Waals surface area (Å²) in [6, 6.07) is 13.0. The van der Waals surface area contributed by atoms with E-state index in [9.17, 15) is 9.59 Å². The molecule has 0 saturated heterocycles. The van der Waals surface area contributed by atoms with Gasteiger partial charge < -0.3 is 9.47 Å². The summed E-state index contributed by atoms with van der Waals surface area (Å²) in [6.07, 6.45) is 2.17. The first-order valence-corrected chi connectivity index (χ1v) is 9.88. The smallest absolute Gasteiger partial charge is 0.340 e. The number of rotatable bonds is 9. The third kappa shape index (κ3) is 5.31. The molecule has 0 N–H and O–H groups in total. The second-order valence-corrected chi connectivity index (χ2v) is 7.11. The first-order valence-electron chi connectivity index (χ1n) is 9.88.